The largest absolute Gasteiger partial charge is 0.358 e. The predicted molar refractivity (Wildman–Crippen MR) is 202 cm³/mol. The van der Waals surface area contributed by atoms with Gasteiger partial charge in [-0.3, -0.25) is 9.97 Å². The molecule has 2 aromatic carbocycles. The number of aromatic nitrogens is 2. The van der Waals surface area contributed by atoms with Gasteiger partial charge in [0, 0.05) is 73.1 Å². The number of hydrogen-bond donors (Lipinski definition) is 0. The molecule has 4 radical (unpaired) electrons. The van der Waals surface area contributed by atoms with E-state index in [0.29, 0.717) is 0 Å². The average Bonchev–Trinajstić information content (AvgIpc) is 3.02. The summed E-state index contributed by atoms with van der Waals surface area (Å²) in [5.41, 5.74) is 5.78. The first-order valence-electron chi connectivity index (χ1n) is 12.3. The van der Waals surface area contributed by atoms with Crippen LogP contribution in [0.4, 0.5) is 0 Å². The smallest absolute Gasteiger partial charge is 0.296 e. The van der Waals surface area contributed by atoms with Crippen molar-refractivity contribution in [1.82, 2.24) is 9.97 Å². The Kier molecular flexibility index (Phi) is 22.7. The predicted octanol–water partition coefficient (Wildman–Crippen LogP) is 6.73. The van der Waals surface area contributed by atoms with Gasteiger partial charge in [-0.15, -0.1) is 10.2 Å². The maximum absolute atomic E-state index is 4.23. The summed E-state index contributed by atoms with van der Waals surface area (Å²) < 4.78 is 1.51. The fourth-order valence-electron chi connectivity index (χ4n) is 3.01. The Morgan fingerprint density at radius 1 is 0.558 bits per heavy atom. The van der Waals surface area contributed by atoms with Crippen LogP contribution in [-0.2, 0) is 36.8 Å². The molecular weight excluding hydrogens is 715 g/mol. The second-order valence-electron chi connectivity index (χ2n) is 8.16. The number of hydrogen-bond acceptors (Lipinski definition) is 8. The third-order valence-corrected chi connectivity index (χ3v) is 7.82. The van der Waals surface area contributed by atoms with E-state index in [1.807, 2.05) is 86.6 Å². The quantitative estimate of drug-likeness (QED) is 0.0500. The summed E-state index contributed by atoms with van der Waals surface area (Å²) in [6.45, 7) is 3.79. The first-order valence-corrected chi connectivity index (χ1v) is 15.3. The number of benzene rings is 2. The van der Waals surface area contributed by atoms with Crippen molar-refractivity contribution in [3.8, 4) is 0 Å². The molecular formula is C32H38N6S4Sn. The van der Waals surface area contributed by atoms with E-state index >= 15 is 0 Å². The van der Waals surface area contributed by atoms with Crippen LogP contribution in [0, 0.1) is 14.9 Å². The van der Waals surface area contributed by atoms with E-state index in [4.69, 9.17) is 0 Å². The molecule has 0 spiro atoms. The molecule has 6 nitrogen and oxygen atoms in total. The monoisotopic (exact) mass is 754 g/mol. The number of thioether (sulfide) groups is 2. The van der Waals surface area contributed by atoms with Gasteiger partial charge in [-0.1, -0.05) is 83.0 Å². The molecule has 0 saturated heterocycles. The van der Waals surface area contributed by atoms with Crippen molar-refractivity contribution < 1.29 is 0 Å². The molecule has 0 aliphatic rings. The number of nitrogens with zero attached hydrogens (tertiary/aromatic N) is 6. The van der Waals surface area contributed by atoms with Gasteiger partial charge in [0.1, 0.15) is 0 Å². The van der Waals surface area contributed by atoms with Crippen LogP contribution in [0.25, 0.3) is 0 Å². The van der Waals surface area contributed by atoms with Gasteiger partial charge in [0.25, 0.3) is 8.75 Å². The van der Waals surface area contributed by atoms with Crippen molar-refractivity contribution in [3.63, 3.8) is 0 Å². The van der Waals surface area contributed by atoms with Crippen LogP contribution in [0.1, 0.15) is 36.4 Å². The van der Waals surface area contributed by atoms with Gasteiger partial charge in [0.2, 0.25) is 0 Å². The molecule has 0 N–H and O–H groups in total. The summed E-state index contributed by atoms with van der Waals surface area (Å²) in [5.74, 6) is 1.72. The molecule has 0 amide bonds. The van der Waals surface area contributed by atoms with Gasteiger partial charge in [-0.2, -0.15) is 0 Å². The standard InChI is InChI=1S/2C15H15N3S2.2CH3.Sn/c2*1-12(14-9-5-6-10-16-14)17-18-15(19)20-11-13-7-3-2-4-8-13;;;/h2*2-10H,11H2,1H3,(H,18,19);2*1H3;/q;;2*-1;/p+2. The first kappa shape index (κ1) is 40.6. The van der Waals surface area contributed by atoms with E-state index in [0.717, 1.165) is 43.1 Å². The van der Waals surface area contributed by atoms with Crippen LogP contribution in [-0.4, -0.2) is 54.1 Å². The second-order valence-corrected chi connectivity index (χ2v) is 11.8. The van der Waals surface area contributed by atoms with Crippen LogP contribution in [0.15, 0.2) is 130 Å². The van der Waals surface area contributed by atoms with Gasteiger partial charge in [-0.25, -0.2) is 0 Å². The summed E-state index contributed by atoms with van der Waals surface area (Å²) >= 11 is 10.2. The van der Waals surface area contributed by atoms with Crippen molar-refractivity contribution >= 4 is 92.9 Å². The van der Waals surface area contributed by atoms with E-state index < -0.39 is 0 Å². The van der Waals surface area contributed by atoms with E-state index in [-0.39, 0.29) is 38.8 Å². The van der Waals surface area contributed by atoms with E-state index in [2.05, 4.69) is 79.9 Å². The van der Waals surface area contributed by atoms with Gasteiger partial charge < -0.3 is 14.9 Å². The van der Waals surface area contributed by atoms with Gasteiger partial charge in [-0.05, 0) is 72.8 Å². The van der Waals surface area contributed by atoms with Crippen molar-refractivity contribution in [3.05, 3.63) is 147 Å². The molecule has 4 aromatic rings. The Labute approximate surface area is 293 Å². The minimum atomic E-state index is 0. The fraction of sp³-hybridized carbons (Fsp3) is 0.125. The Morgan fingerprint density at radius 2 is 0.907 bits per heavy atom. The SMILES string of the molecule is CC(=NN=C([SH2+])SCc1ccccc1)c1ccccn1.CC(=NN=C([SH2+])SCc1ccccc1)c1ccccn1.[CH3-].[CH3-].[Sn]. The molecule has 0 saturated carbocycles. The summed E-state index contributed by atoms with van der Waals surface area (Å²) in [6.07, 6.45) is 3.49. The maximum Gasteiger partial charge on any atom is 0.296 e. The molecule has 11 heteroatoms. The Balaban J connectivity index is 0.000000767. The minimum Gasteiger partial charge on any atom is -0.358 e. The summed E-state index contributed by atoms with van der Waals surface area (Å²) in [6, 6.07) is 32.0. The Bertz CT molecular complexity index is 1310. The topological polar surface area (TPSA) is 75.2 Å². The van der Waals surface area contributed by atoms with Crippen LogP contribution < -0.4 is 0 Å². The molecule has 224 valence electrons. The first-order chi connectivity index (χ1) is 19.5. The van der Waals surface area contributed by atoms with E-state index in [1.54, 1.807) is 35.9 Å². The molecule has 0 bridgehead atoms. The molecule has 0 aliphatic heterocycles. The molecule has 0 aliphatic carbocycles. The van der Waals surface area contributed by atoms with Crippen LogP contribution in [0.3, 0.4) is 0 Å². The molecule has 0 unspecified atom stereocenters. The van der Waals surface area contributed by atoms with Gasteiger partial charge in [0.05, 0.1) is 22.8 Å². The van der Waals surface area contributed by atoms with Crippen molar-refractivity contribution in [2.45, 2.75) is 25.4 Å². The summed E-state index contributed by atoms with van der Waals surface area (Å²) in [7, 11) is 0. The zero-order valence-electron chi connectivity index (χ0n) is 24.8. The van der Waals surface area contributed by atoms with Crippen molar-refractivity contribution in [2.75, 3.05) is 0 Å². The second kappa shape index (κ2) is 24.0. The fourth-order valence-corrected chi connectivity index (χ4v) is 4.73. The minimum absolute atomic E-state index is 0. The Morgan fingerprint density at radius 3 is 1.23 bits per heavy atom. The molecule has 2 heterocycles. The van der Waals surface area contributed by atoms with Crippen LogP contribution in [0.2, 0.25) is 0 Å². The molecule has 2 aromatic heterocycles. The summed E-state index contributed by atoms with van der Waals surface area (Å²) in [5, 5.41) is 16.7. The normalized spacial score (nSPS) is 11.6. The van der Waals surface area contributed by atoms with Crippen molar-refractivity contribution in [2.24, 2.45) is 20.4 Å². The number of pyridine rings is 2. The molecule has 43 heavy (non-hydrogen) atoms. The van der Waals surface area contributed by atoms with E-state index in [9.17, 15) is 0 Å². The molecule has 4 rings (SSSR count). The third kappa shape index (κ3) is 16.9. The zero-order chi connectivity index (χ0) is 28.4. The van der Waals surface area contributed by atoms with Crippen LogP contribution >= 0.6 is 23.5 Å². The van der Waals surface area contributed by atoms with Crippen LogP contribution in [0.5, 0.6) is 0 Å². The summed E-state index contributed by atoms with van der Waals surface area (Å²) in [4.78, 5) is 8.45. The number of rotatable bonds is 8. The van der Waals surface area contributed by atoms with Gasteiger partial charge >= 0.3 is 0 Å². The third-order valence-electron chi connectivity index (χ3n) is 5.09. The van der Waals surface area contributed by atoms with Gasteiger partial charge in [0.15, 0.2) is 0 Å². The van der Waals surface area contributed by atoms with E-state index in [1.165, 1.54) is 11.1 Å². The van der Waals surface area contributed by atoms with Crippen molar-refractivity contribution in [1.29, 1.82) is 0 Å². The molecule has 0 atom stereocenters. The molecule has 0 fully saturated rings. The average molecular weight is 754 g/mol. The zero-order valence-corrected chi connectivity index (χ0v) is 31.3. The maximum atomic E-state index is 4.23. The Hall–Kier alpha value is -2.38.